The Kier molecular flexibility index (Phi) is 6.34. The first-order chi connectivity index (χ1) is 15.8. The van der Waals surface area contributed by atoms with E-state index in [0.717, 1.165) is 15.9 Å². The van der Waals surface area contributed by atoms with Crippen LogP contribution in [0.3, 0.4) is 0 Å². The van der Waals surface area contributed by atoms with Crippen molar-refractivity contribution in [2.75, 3.05) is 40.3 Å². The number of carbonyl (C=O) groups excluding carboxylic acids is 2. The zero-order chi connectivity index (χ0) is 24.8. The molecule has 2 aliphatic rings. The van der Waals surface area contributed by atoms with Crippen LogP contribution in [0.25, 0.3) is 10.9 Å². The summed E-state index contributed by atoms with van der Waals surface area (Å²) >= 11 is 0. The van der Waals surface area contributed by atoms with Gasteiger partial charge in [0.25, 0.3) is 17.7 Å². The number of aromatic nitrogens is 1. The molecule has 0 unspecified atom stereocenters. The van der Waals surface area contributed by atoms with E-state index in [0.29, 0.717) is 24.0 Å². The number of likely N-dealkylation sites (tertiary alicyclic amines) is 2. The maximum atomic E-state index is 13.5. The van der Waals surface area contributed by atoms with Crippen molar-refractivity contribution in [3.63, 3.8) is 0 Å². The molecule has 6 nitrogen and oxygen atoms in total. The lowest BCUT2D eigenvalue weighted by Gasteiger charge is -2.32. The van der Waals surface area contributed by atoms with Gasteiger partial charge in [0, 0.05) is 61.5 Å². The first-order valence-electron chi connectivity index (χ1n) is 11.2. The van der Waals surface area contributed by atoms with Crippen LogP contribution in [-0.2, 0) is 6.54 Å². The number of fused-ring (bicyclic) bond motifs is 1. The normalized spacial score (nSPS) is 21.0. The Balaban J connectivity index is 1.65. The summed E-state index contributed by atoms with van der Waals surface area (Å²) < 4.78 is 67.9. The average Bonchev–Trinajstić information content (AvgIpc) is 3.37. The van der Waals surface area contributed by atoms with Crippen LogP contribution in [0.15, 0.2) is 24.3 Å². The number of hydrogen-bond acceptors (Lipinski definition) is 3. The van der Waals surface area contributed by atoms with E-state index in [4.69, 9.17) is 0 Å². The number of alkyl halides is 5. The predicted molar refractivity (Wildman–Crippen MR) is 116 cm³/mol. The SMILES string of the molecule is CN(C)[C@H]1CCN(C(=O)c2ccc3c(c2)cc(C(=O)N2CCC(F)(F)CC2)n3CC(F)(F)F)C1. The lowest BCUT2D eigenvalue weighted by Crippen LogP contribution is -2.43. The smallest absolute Gasteiger partial charge is 0.337 e. The monoisotopic (exact) mass is 486 g/mol. The summed E-state index contributed by atoms with van der Waals surface area (Å²) in [5, 5.41) is 0.323. The third-order valence-corrected chi connectivity index (χ3v) is 6.67. The number of nitrogens with zero attached hydrogens (tertiary/aromatic N) is 4. The molecule has 0 aliphatic carbocycles. The molecule has 0 saturated carbocycles. The van der Waals surface area contributed by atoms with Gasteiger partial charge in [-0.2, -0.15) is 13.2 Å². The molecule has 34 heavy (non-hydrogen) atoms. The van der Waals surface area contributed by atoms with Gasteiger partial charge in [-0.05, 0) is 44.8 Å². The Morgan fingerprint density at radius 3 is 2.29 bits per heavy atom. The number of amides is 2. The van der Waals surface area contributed by atoms with Gasteiger partial charge in [0.2, 0.25) is 0 Å². The molecular formula is C23H27F5N4O2. The molecule has 11 heteroatoms. The third-order valence-electron chi connectivity index (χ3n) is 6.67. The third kappa shape index (κ3) is 5.03. The maximum Gasteiger partial charge on any atom is 0.406 e. The van der Waals surface area contributed by atoms with Crippen LogP contribution in [-0.4, -0.2) is 89.5 Å². The van der Waals surface area contributed by atoms with E-state index < -0.39 is 37.4 Å². The quantitative estimate of drug-likeness (QED) is 0.617. The van der Waals surface area contributed by atoms with Crippen LogP contribution >= 0.6 is 0 Å². The second-order valence-electron chi connectivity index (χ2n) is 9.31. The highest BCUT2D eigenvalue weighted by Crippen LogP contribution is 2.31. The Labute approximate surface area is 193 Å². The topological polar surface area (TPSA) is 48.8 Å². The first kappa shape index (κ1) is 24.4. The largest absolute Gasteiger partial charge is 0.406 e. The number of halogens is 5. The Hall–Kier alpha value is -2.69. The zero-order valence-corrected chi connectivity index (χ0v) is 19.0. The van der Waals surface area contributed by atoms with Gasteiger partial charge >= 0.3 is 6.18 Å². The van der Waals surface area contributed by atoms with Gasteiger partial charge in [0.15, 0.2) is 0 Å². The van der Waals surface area contributed by atoms with Crippen molar-refractivity contribution in [1.29, 1.82) is 0 Å². The molecule has 2 amide bonds. The van der Waals surface area contributed by atoms with Crippen molar-refractivity contribution in [1.82, 2.24) is 19.3 Å². The highest BCUT2D eigenvalue weighted by atomic mass is 19.4. The average molecular weight is 486 g/mol. The minimum atomic E-state index is -4.60. The van der Waals surface area contributed by atoms with Crippen molar-refractivity contribution in [3.8, 4) is 0 Å². The first-order valence-corrected chi connectivity index (χ1v) is 11.2. The number of likely N-dealkylation sites (N-methyl/N-ethyl adjacent to an activating group) is 1. The number of piperidine rings is 1. The second kappa shape index (κ2) is 8.83. The highest BCUT2D eigenvalue weighted by molar-refractivity contribution is 6.02. The van der Waals surface area contributed by atoms with Gasteiger partial charge in [-0.3, -0.25) is 9.59 Å². The summed E-state index contributed by atoms with van der Waals surface area (Å²) in [5.41, 5.74) is 0.260. The minimum Gasteiger partial charge on any atom is -0.337 e. The number of rotatable bonds is 4. The molecule has 2 aromatic rings. The fraction of sp³-hybridized carbons (Fsp3) is 0.565. The predicted octanol–water partition coefficient (Wildman–Crippen LogP) is 3.85. The molecule has 0 radical (unpaired) electrons. The summed E-state index contributed by atoms with van der Waals surface area (Å²) in [4.78, 5) is 30.9. The van der Waals surface area contributed by atoms with E-state index in [1.54, 1.807) is 4.90 Å². The van der Waals surface area contributed by atoms with Crippen LogP contribution in [0.4, 0.5) is 22.0 Å². The maximum absolute atomic E-state index is 13.5. The van der Waals surface area contributed by atoms with Gasteiger partial charge in [0.05, 0.1) is 0 Å². The molecule has 2 saturated heterocycles. The van der Waals surface area contributed by atoms with Crippen LogP contribution in [0.2, 0.25) is 0 Å². The molecule has 0 N–H and O–H groups in total. The van der Waals surface area contributed by atoms with Crippen LogP contribution in [0.5, 0.6) is 0 Å². The summed E-state index contributed by atoms with van der Waals surface area (Å²) in [6.45, 7) is -0.720. The van der Waals surface area contributed by atoms with E-state index in [1.807, 2.05) is 19.0 Å². The van der Waals surface area contributed by atoms with Gasteiger partial charge < -0.3 is 19.3 Å². The highest BCUT2D eigenvalue weighted by Gasteiger charge is 2.38. The molecule has 2 fully saturated rings. The summed E-state index contributed by atoms with van der Waals surface area (Å²) in [6, 6.07) is 5.93. The summed E-state index contributed by atoms with van der Waals surface area (Å²) in [7, 11) is 3.88. The van der Waals surface area contributed by atoms with Crippen LogP contribution < -0.4 is 0 Å². The molecule has 1 atom stereocenters. The molecule has 0 bridgehead atoms. The standard InChI is InChI=1S/C23H27F5N4O2/c1-29(2)17-5-8-31(13-17)20(33)15-3-4-18-16(11-15)12-19(32(18)14-23(26,27)28)21(34)30-9-6-22(24,25)7-10-30/h3-4,11-12,17H,5-10,13-14H2,1-2H3/t17-/m0/s1. The van der Waals surface area contributed by atoms with Gasteiger partial charge in [-0.1, -0.05) is 0 Å². The molecular weight excluding hydrogens is 459 g/mol. The van der Waals surface area contributed by atoms with Crippen molar-refractivity contribution in [2.45, 2.75) is 43.9 Å². The van der Waals surface area contributed by atoms with E-state index in [-0.39, 0.29) is 36.2 Å². The fourth-order valence-electron chi connectivity index (χ4n) is 4.66. The van der Waals surface area contributed by atoms with Crippen molar-refractivity contribution >= 4 is 22.7 Å². The second-order valence-corrected chi connectivity index (χ2v) is 9.31. The molecule has 2 aliphatic heterocycles. The lowest BCUT2D eigenvalue weighted by molar-refractivity contribution is -0.140. The van der Waals surface area contributed by atoms with Gasteiger partial charge in [-0.15, -0.1) is 0 Å². The van der Waals surface area contributed by atoms with E-state index >= 15 is 0 Å². The van der Waals surface area contributed by atoms with Gasteiger partial charge in [0.1, 0.15) is 12.2 Å². The molecule has 0 spiro atoms. The number of carbonyl (C=O) groups is 2. The van der Waals surface area contributed by atoms with Crippen molar-refractivity contribution < 1.29 is 31.5 Å². The number of hydrogen-bond donors (Lipinski definition) is 0. The van der Waals surface area contributed by atoms with Crippen molar-refractivity contribution in [3.05, 3.63) is 35.5 Å². The van der Waals surface area contributed by atoms with E-state index in [2.05, 4.69) is 0 Å². The zero-order valence-electron chi connectivity index (χ0n) is 19.0. The Morgan fingerprint density at radius 2 is 1.71 bits per heavy atom. The molecule has 186 valence electrons. The van der Waals surface area contributed by atoms with E-state index in [1.165, 1.54) is 24.3 Å². The molecule has 1 aromatic heterocycles. The van der Waals surface area contributed by atoms with Crippen molar-refractivity contribution in [2.24, 2.45) is 0 Å². The van der Waals surface area contributed by atoms with Gasteiger partial charge in [-0.25, -0.2) is 8.78 Å². The Morgan fingerprint density at radius 1 is 1.03 bits per heavy atom. The van der Waals surface area contributed by atoms with Crippen LogP contribution in [0, 0.1) is 0 Å². The van der Waals surface area contributed by atoms with Crippen LogP contribution in [0.1, 0.15) is 40.1 Å². The molecule has 3 heterocycles. The minimum absolute atomic E-state index is 0.159. The number of benzene rings is 1. The molecule has 1 aromatic carbocycles. The Bertz CT molecular complexity index is 1080. The summed E-state index contributed by atoms with van der Waals surface area (Å²) in [6.07, 6.45) is -4.82. The lowest BCUT2D eigenvalue weighted by atomic mass is 10.1. The van der Waals surface area contributed by atoms with E-state index in [9.17, 15) is 31.5 Å². The molecule has 4 rings (SSSR count). The summed E-state index contributed by atoms with van der Waals surface area (Å²) in [5.74, 6) is -3.83. The fourth-order valence-corrected chi connectivity index (χ4v) is 4.66.